The molecular formula is C6H10O3S. The predicted octanol–water partition coefficient (Wildman–Crippen LogP) is 0.482. The Balaban J connectivity index is 3.47. The van der Waals surface area contributed by atoms with E-state index in [1.807, 2.05) is 6.26 Å². The first-order valence-electron chi connectivity index (χ1n) is 2.78. The van der Waals surface area contributed by atoms with E-state index in [0.29, 0.717) is 5.75 Å². The number of carbonyl (C=O) groups excluding carboxylic acids is 2. The van der Waals surface area contributed by atoms with Crippen LogP contribution in [0.5, 0.6) is 0 Å². The van der Waals surface area contributed by atoms with Crippen LogP contribution in [0.25, 0.3) is 0 Å². The molecule has 0 saturated carbocycles. The highest BCUT2D eigenvalue weighted by molar-refractivity contribution is 7.99. The Bertz CT molecular complexity index is 133. The molecule has 0 aromatic carbocycles. The molecule has 58 valence electrons. The lowest BCUT2D eigenvalue weighted by molar-refractivity contribution is -0.142. The standard InChI is InChI=1S/C6H10O3S/c1-9-6(8)3-5(7)4-10-2/h3-4H2,1-2H3. The molecule has 0 aliphatic rings. The van der Waals surface area contributed by atoms with Gasteiger partial charge in [0, 0.05) is 0 Å². The summed E-state index contributed by atoms with van der Waals surface area (Å²) < 4.78 is 4.30. The Hall–Kier alpha value is -0.510. The molecule has 0 aromatic heterocycles. The normalized spacial score (nSPS) is 9.00. The van der Waals surface area contributed by atoms with E-state index in [2.05, 4.69) is 4.74 Å². The van der Waals surface area contributed by atoms with E-state index in [9.17, 15) is 9.59 Å². The van der Waals surface area contributed by atoms with E-state index in [0.717, 1.165) is 0 Å². The van der Waals surface area contributed by atoms with Gasteiger partial charge in [-0.25, -0.2) is 0 Å². The topological polar surface area (TPSA) is 43.4 Å². The van der Waals surface area contributed by atoms with Crippen molar-refractivity contribution in [3.05, 3.63) is 0 Å². The van der Waals surface area contributed by atoms with Crippen molar-refractivity contribution < 1.29 is 14.3 Å². The second-order valence-electron chi connectivity index (χ2n) is 1.72. The Morgan fingerprint density at radius 1 is 1.50 bits per heavy atom. The van der Waals surface area contributed by atoms with Gasteiger partial charge in [0.05, 0.1) is 12.9 Å². The van der Waals surface area contributed by atoms with Gasteiger partial charge in [0.2, 0.25) is 0 Å². The fraction of sp³-hybridized carbons (Fsp3) is 0.667. The largest absolute Gasteiger partial charge is 0.469 e. The number of carbonyl (C=O) groups is 2. The maximum Gasteiger partial charge on any atom is 0.313 e. The summed E-state index contributed by atoms with van der Waals surface area (Å²) in [6, 6.07) is 0. The fourth-order valence-corrected chi connectivity index (χ4v) is 0.869. The zero-order valence-corrected chi connectivity index (χ0v) is 6.86. The molecule has 0 atom stereocenters. The highest BCUT2D eigenvalue weighted by Gasteiger charge is 2.07. The summed E-state index contributed by atoms with van der Waals surface area (Å²) in [6.45, 7) is 0. The molecule has 0 N–H and O–H groups in total. The molecule has 0 saturated heterocycles. The van der Waals surface area contributed by atoms with Crippen molar-refractivity contribution in [2.24, 2.45) is 0 Å². The summed E-state index contributed by atoms with van der Waals surface area (Å²) in [5.41, 5.74) is 0. The number of hydrogen-bond donors (Lipinski definition) is 0. The molecule has 10 heavy (non-hydrogen) atoms. The smallest absolute Gasteiger partial charge is 0.313 e. The Labute approximate surface area is 64.1 Å². The van der Waals surface area contributed by atoms with Crippen LogP contribution in [-0.4, -0.2) is 30.9 Å². The minimum Gasteiger partial charge on any atom is -0.469 e. The lowest BCUT2D eigenvalue weighted by Gasteiger charge is -1.95. The van der Waals surface area contributed by atoms with Crippen LogP contribution in [0.15, 0.2) is 0 Å². The predicted molar refractivity (Wildman–Crippen MR) is 40.0 cm³/mol. The van der Waals surface area contributed by atoms with Crippen molar-refractivity contribution in [1.29, 1.82) is 0 Å². The molecular weight excluding hydrogens is 152 g/mol. The van der Waals surface area contributed by atoms with Crippen molar-refractivity contribution in [2.75, 3.05) is 19.1 Å². The first kappa shape index (κ1) is 9.49. The van der Waals surface area contributed by atoms with Crippen LogP contribution in [0.3, 0.4) is 0 Å². The Kier molecular flexibility index (Phi) is 5.02. The second kappa shape index (κ2) is 5.29. The molecule has 0 fully saturated rings. The summed E-state index contributed by atoms with van der Waals surface area (Å²) in [7, 11) is 1.27. The first-order valence-corrected chi connectivity index (χ1v) is 4.17. The van der Waals surface area contributed by atoms with E-state index in [4.69, 9.17) is 0 Å². The van der Waals surface area contributed by atoms with Gasteiger partial charge in [0.25, 0.3) is 0 Å². The highest BCUT2D eigenvalue weighted by atomic mass is 32.2. The minimum atomic E-state index is -0.459. The first-order chi connectivity index (χ1) is 4.70. The van der Waals surface area contributed by atoms with E-state index in [1.54, 1.807) is 0 Å². The van der Waals surface area contributed by atoms with E-state index in [1.165, 1.54) is 18.9 Å². The number of ketones is 1. The molecule has 0 aromatic rings. The summed E-state index contributed by atoms with van der Waals surface area (Å²) in [4.78, 5) is 21.1. The van der Waals surface area contributed by atoms with Gasteiger partial charge in [-0.15, -0.1) is 0 Å². The maximum atomic E-state index is 10.7. The van der Waals surface area contributed by atoms with Crippen LogP contribution in [0, 0.1) is 0 Å². The molecule has 0 unspecified atom stereocenters. The van der Waals surface area contributed by atoms with Crippen molar-refractivity contribution in [3.8, 4) is 0 Å². The summed E-state index contributed by atoms with van der Waals surface area (Å²) >= 11 is 1.40. The van der Waals surface area contributed by atoms with Crippen molar-refractivity contribution >= 4 is 23.5 Å². The highest BCUT2D eigenvalue weighted by Crippen LogP contribution is 1.95. The van der Waals surface area contributed by atoms with Gasteiger partial charge in [-0.1, -0.05) is 0 Å². The lowest BCUT2D eigenvalue weighted by Crippen LogP contribution is -2.10. The third kappa shape index (κ3) is 4.38. The van der Waals surface area contributed by atoms with Crippen molar-refractivity contribution in [1.82, 2.24) is 0 Å². The van der Waals surface area contributed by atoms with Gasteiger partial charge >= 0.3 is 5.97 Å². The third-order valence-corrected chi connectivity index (χ3v) is 1.49. The molecule has 3 nitrogen and oxygen atoms in total. The average Bonchev–Trinajstić information content (AvgIpc) is 1.88. The summed E-state index contributed by atoms with van der Waals surface area (Å²) in [6.07, 6.45) is 1.71. The van der Waals surface area contributed by atoms with Crippen LogP contribution >= 0.6 is 11.8 Å². The molecule has 0 amide bonds. The summed E-state index contributed by atoms with van der Waals surface area (Å²) in [5, 5.41) is 0. The molecule has 0 aliphatic heterocycles. The van der Waals surface area contributed by atoms with Crippen LogP contribution in [0.2, 0.25) is 0 Å². The van der Waals surface area contributed by atoms with Crippen LogP contribution in [-0.2, 0) is 14.3 Å². The van der Waals surface area contributed by atoms with Crippen LogP contribution in [0.4, 0.5) is 0 Å². The number of esters is 1. The number of Topliss-reactive ketones (excluding diaryl/α,β-unsaturated/α-hetero) is 1. The number of hydrogen-bond acceptors (Lipinski definition) is 4. The van der Waals surface area contributed by atoms with Gasteiger partial charge in [-0.05, 0) is 6.26 Å². The quantitative estimate of drug-likeness (QED) is 0.445. The zero-order chi connectivity index (χ0) is 7.98. The molecule has 0 radical (unpaired) electrons. The number of methoxy groups -OCH3 is 1. The summed E-state index contributed by atoms with van der Waals surface area (Å²) in [5.74, 6) is -0.159. The van der Waals surface area contributed by atoms with Crippen molar-refractivity contribution in [3.63, 3.8) is 0 Å². The number of thioether (sulfide) groups is 1. The molecule has 0 heterocycles. The Morgan fingerprint density at radius 2 is 2.10 bits per heavy atom. The minimum absolute atomic E-state index is 0.0839. The maximum absolute atomic E-state index is 10.7. The molecule has 0 bridgehead atoms. The zero-order valence-electron chi connectivity index (χ0n) is 6.05. The van der Waals surface area contributed by atoms with Crippen LogP contribution < -0.4 is 0 Å². The Morgan fingerprint density at radius 3 is 2.50 bits per heavy atom. The van der Waals surface area contributed by atoms with Gasteiger partial charge in [-0.3, -0.25) is 9.59 Å². The SMILES string of the molecule is COC(=O)CC(=O)CSC. The van der Waals surface area contributed by atoms with Gasteiger partial charge in [0.1, 0.15) is 6.42 Å². The number of rotatable bonds is 4. The monoisotopic (exact) mass is 162 g/mol. The molecule has 0 spiro atoms. The van der Waals surface area contributed by atoms with Crippen LogP contribution in [0.1, 0.15) is 6.42 Å². The molecule has 0 aliphatic carbocycles. The van der Waals surface area contributed by atoms with Gasteiger partial charge < -0.3 is 4.74 Å². The van der Waals surface area contributed by atoms with E-state index >= 15 is 0 Å². The fourth-order valence-electron chi connectivity index (χ4n) is 0.445. The second-order valence-corrected chi connectivity index (χ2v) is 2.59. The molecule has 0 rings (SSSR count). The third-order valence-electron chi connectivity index (χ3n) is 0.875. The van der Waals surface area contributed by atoms with Gasteiger partial charge in [-0.2, -0.15) is 11.8 Å². The van der Waals surface area contributed by atoms with Gasteiger partial charge in [0.15, 0.2) is 5.78 Å². The van der Waals surface area contributed by atoms with E-state index < -0.39 is 5.97 Å². The van der Waals surface area contributed by atoms with Crippen molar-refractivity contribution in [2.45, 2.75) is 6.42 Å². The average molecular weight is 162 g/mol. The number of ether oxygens (including phenoxy) is 1. The van der Waals surface area contributed by atoms with E-state index in [-0.39, 0.29) is 12.2 Å². The molecule has 4 heteroatoms. The lowest BCUT2D eigenvalue weighted by atomic mass is 10.3.